The van der Waals surface area contributed by atoms with E-state index in [4.69, 9.17) is 4.74 Å². The number of ether oxygens (including phenoxy) is 1. The van der Waals surface area contributed by atoms with Crippen molar-refractivity contribution in [2.75, 3.05) is 7.11 Å². The number of halogens is 3. The summed E-state index contributed by atoms with van der Waals surface area (Å²) in [4.78, 5) is 0. The number of hydrogen-bond acceptors (Lipinski definition) is 2. The van der Waals surface area contributed by atoms with E-state index in [0.29, 0.717) is 21.3 Å². The molecular weight excluding hydrogens is 282 g/mol. The van der Waals surface area contributed by atoms with E-state index in [0.717, 1.165) is 0 Å². The lowest BCUT2D eigenvalue weighted by Gasteiger charge is -2.19. The van der Waals surface area contributed by atoms with Crippen LogP contribution in [0.5, 0.6) is 5.75 Å². The van der Waals surface area contributed by atoms with Gasteiger partial charge in [0.25, 0.3) is 6.43 Å². The molecule has 0 saturated heterocycles. The Labute approximate surface area is 101 Å². The summed E-state index contributed by atoms with van der Waals surface area (Å²) in [6.45, 7) is 3.40. The number of aliphatic hydroxyl groups excluding tert-OH is 1. The molecule has 16 heavy (non-hydrogen) atoms. The van der Waals surface area contributed by atoms with Crippen LogP contribution in [0.15, 0.2) is 10.5 Å². The smallest absolute Gasteiger partial charge is 0.268 e. The molecule has 1 aromatic carbocycles. The van der Waals surface area contributed by atoms with Crippen LogP contribution < -0.4 is 4.74 Å². The van der Waals surface area contributed by atoms with Crippen molar-refractivity contribution in [3.05, 3.63) is 27.2 Å². The molecule has 1 unspecified atom stereocenters. The molecule has 0 radical (unpaired) electrons. The Morgan fingerprint density at radius 1 is 1.38 bits per heavy atom. The van der Waals surface area contributed by atoms with E-state index < -0.39 is 12.5 Å². The van der Waals surface area contributed by atoms with Crippen LogP contribution in [0.1, 0.15) is 22.8 Å². The number of hydrogen-bond donors (Lipinski definition) is 1. The maximum absolute atomic E-state index is 12.6. The number of rotatable bonds is 3. The molecule has 2 nitrogen and oxygen atoms in total. The lowest BCUT2D eigenvalue weighted by molar-refractivity contribution is -0.00742. The van der Waals surface area contributed by atoms with Gasteiger partial charge in [-0.05, 0) is 31.0 Å². The highest BCUT2D eigenvalue weighted by Gasteiger charge is 2.26. The fraction of sp³-hybridized carbons (Fsp3) is 0.455. The van der Waals surface area contributed by atoms with E-state index in [1.54, 1.807) is 19.9 Å². The summed E-state index contributed by atoms with van der Waals surface area (Å²) in [6, 6.07) is 1.77. The van der Waals surface area contributed by atoms with Gasteiger partial charge in [-0.2, -0.15) is 0 Å². The predicted molar refractivity (Wildman–Crippen MR) is 61.1 cm³/mol. The third kappa shape index (κ3) is 2.35. The average molecular weight is 295 g/mol. The van der Waals surface area contributed by atoms with Crippen LogP contribution in [0.3, 0.4) is 0 Å². The van der Waals surface area contributed by atoms with Gasteiger partial charge in [-0.25, -0.2) is 8.78 Å². The van der Waals surface area contributed by atoms with Gasteiger partial charge in [0.05, 0.1) is 7.11 Å². The monoisotopic (exact) mass is 294 g/mol. The highest BCUT2D eigenvalue weighted by atomic mass is 79.9. The third-order valence-corrected chi connectivity index (χ3v) is 3.27. The summed E-state index contributed by atoms with van der Waals surface area (Å²) in [5.74, 6) is 0.313. The molecule has 5 heteroatoms. The molecule has 1 aromatic rings. The quantitative estimate of drug-likeness (QED) is 0.926. The molecule has 90 valence electrons. The first-order chi connectivity index (χ1) is 7.40. The van der Waals surface area contributed by atoms with Gasteiger partial charge in [0.15, 0.2) is 0 Å². The second-order valence-electron chi connectivity index (χ2n) is 3.53. The van der Waals surface area contributed by atoms with E-state index in [1.165, 1.54) is 7.11 Å². The Morgan fingerprint density at radius 3 is 2.38 bits per heavy atom. The lowest BCUT2D eigenvalue weighted by atomic mass is 9.99. The van der Waals surface area contributed by atoms with Crippen molar-refractivity contribution in [2.45, 2.75) is 26.4 Å². The highest BCUT2D eigenvalue weighted by molar-refractivity contribution is 9.10. The van der Waals surface area contributed by atoms with Gasteiger partial charge >= 0.3 is 0 Å². The zero-order valence-electron chi connectivity index (χ0n) is 9.22. The maximum atomic E-state index is 12.6. The summed E-state index contributed by atoms with van der Waals surface area (Å²) < 4.78 is 30.9. The van der Waals surface area contributed by atoms with Gasteiger partial charge in [-0.1, -0.05) is 15.9 Å². The van der Waals surface area contributed by atoms with Crippen molar-refractivity contribution < 1.29 is 18.6 Å². The molecule has 0 spiro atoms. The molecule has 1 N–H and O–H groups in total. The van der Waals surface area contributed by atoms with Gasteiger partial charge in [0.1, 0.15) is 11.9 Å². The Morgan fingerprint density at radius 2 is 1.94 bits per heavy atom. The van der Waals surface area contributed by atoms with E-state index >= 15 is 0 Å². The Balaban J connectivity index is 3.44. The Hall–Kier alpha value is -0.680. The molecular formula is C11H13BrF2O2. The van der Waals surface area contributed by atoms with Gasteiger partial charge in [0, 0.05) is 10.0 Å². The van der Waals surface area contributed by atoms with Crippen LogP contribution in [-0.4, -0.2) is 18.6 Å². The van der Waals surface area contributed by atoms with Crippen LogP contribution in [0.4, 0.5) is 8.78 Å². The predicted octanol–water partition coefficient (Wildman–Crippen LogP) is 3.37. The van der Waals surface area contributed by atoms with Gasteiger partial charge in [0.2, 0.25) is 0 Å². The normalized spacial score (nSPS) is 13.0. The fourth-order valence-electron chi connectivity index (χ4n) is 1.63. The number of aliphatic hydroxyl groups is 1. The number of aryl methyl sites for hydroxylation is 1. The largest absolute Gasteiger partial charge is 0.496 e. The van der Waals surface area contributed by atoms with Crippen LogP contribution >= 0.6 is 15.9 Å². The van der Waals surface area contributed by atoms with Crippen molar-refractivity contribution in [1.82, 2.24) is 0 Å². The minimum absolute atomic E-state index is 0.143. The van der Waals surface area contributed by atoms with Crippen molar-refractivity contribution in [1.29, 1.82) is 0 Å². The molecule has 0 aliphatic heterocycles. The standard InChI is InChI=1S/C11H13BrF2O2/c1-5-4-7(12)6(2)8(10(5)16-3)9(15)11(13)14/h4,9,11,15H,1-3H3. The van der Waals surface area contributed by atoms with Gasteiger partial charge in [-0.3, -0.25) is 0 Å². The molecule has 0 aliphatic carbocycles. The molecule has 0 aromatic heterocycles. The first kappa shape index (κ1) is 13.4. The zero-order valence-corrected chi connectivity index (χ0v) is 10.8. The molecule has 0 fully saturated rings. The van der Waals surface area contributed by atoms with E-state index in [-0.39, 0.29) is 5.56 Å². The molecule has 0 aliphatic rings. The second kappa shape index (κ2) is 5.10. The van der Waals surface area contributed by atoms with Crippen molar-refractivity contribution >= 4 is 15.9 Å². The van der Waals surface area contributed by atoms with Crippen molar-refractivity contribution in [2.24, 2.45) is 0 Å². The Bertz CT molecular complexity index is 394. The molecule has 1 rings (SSSR count). The average Bonchev–Trinajstić information content (AvgIpc) is 2.21. The van der Waals surface area contributed by atoms with E-state index in [9.17, 15) is 13.9 Å². The van der Waals surface area contributed by atoms with Crippen LogP contribution in [-0.2, 0) is 0 Å². The highest BCUT2D eigenvalue weighted by Crippen LogP contribution is 2.38. The maximum Gasteiger partial charge on any atom is 0.268 e. The van der Waals surface area contributed by atoms with Gasteiger partial charge < -0.3 is 9.84 Å². The SMILES string of the molecule is COc1c(C)cc(Br)c(C)c1C(O)C(F)F. The Kier molecular flexibility index (Phi) is 4.27. The number of methoxy groups -OCH3 is 1. The second-order valence-corrected chi connectivity index (χ2v) is 4.38. The number of benzene rings is 1. The van der Waals surface area contributed by atoms with Crippen LogP contribution in [0.2, 0.25) is 0 Å². The van der Waals surface area contributed by atoms with Crippen LogP contribution in [0, 0.1) is 13.8 Å². The molecule has 0 heterocycles. The third-order valence-electron chi connectivity index (χ3n) is 2.45. The molecule has 0 amide bonds. The summed E-state index contributed by atoms with van der Waals surface area (Å²) >= 11 is 3.27. The van der Waals surface area contributed by atoms with Gasteiger partial charge in [-0.15, -0.1) is 0 Å². The summed E-state index contributed by atoms with van der Waals surface area (Å²) in [5, 5.41) is 9.49. The number of alkyl halides is 2. The summed E-state index contributed by atoms with van der Waals surface area (Å²) in [6.07, 6.45) is -4.66. The van der Waals surface area contributed by atoms with E-state index in [1.807, 2.05) is 0 Å². The molecule has 0 bridgehead atoms. The fourth-order valence-corrected chi connectivity index (χ4v) is 2.19. The van der Waals surface area contributed by atoms with Crippen molar-refractivity contribution in [3.8, 4) is 5.75 Å². The minimum Gasteiger partial charge on any atom is -0.496 e. The summed E-state index contributed by atoms with van der Waals surface area (Å²) in [5.41, 5.74) is 1.41. The van der Waals surface area contributed by atoms with Crippen LogP contribution in [0.25, 0.3) is 0 Å². The molecule has 1 atom stereocenters. The minimum atomic E-state index is -2.83. The topological polar surface area (TPSA) is 29.5 Å². The summed E-state index contributed by atoms with van der Waals surface area (Å²) in [7, 11) is 1.40. The zero-order chi connectivity index (χ0) is 12.5. The first-order valence-electron chi connectivity index (χ1n) is 4.70. The van der Waals surface area contributed by atoms with E-state index in [2.05, 4.69) is 15.9 Å². The molecule has 0 saturated carbocycles. The van der Waals surface area contributed by atoms with Crippen molar-refractivity contribution in [3.63, 3.8) is 0 Å². The first-order valence-corrected chi connectivity index (χ1v) is 5.49. The lowest BCUT2D eigenvalue weighted by Crippen LogP contribution is -2.12.